The van der Waals surface area contributed by atoms with E-state index in [1.807, 2.05) is 0 Å². The second kappa shape index (κ2) is 6.53. The van der Waals surface area contributed by atoms with Gasteiger partial charge >= 0.3 is 0 Å². The van der Waals surface area contributed by atoms with E-state index >= 15 is 0 Å². The lowest BCUT2D eigenvalue weighted by Crippen LogP contribution is -2.17. The number of aromatic amines is 1. The van der Waals surface area contributed by atoms with Crippen LogP contribution in [0, 0.1) is 0 Å². The van der Waals surface area contributed by atoms with E-state index in [1.54, 1.807) is 24.3 Å². The molecule has 6 nitrogen and oxygen atoms in total. The van der Waals surface area contributed by atoms with Crippen molar-refractivity contribution in [2.45, 2.75) is 0 Å². The monoisotopic (exact) mass is 273 g/mol. The van der Waals surface area contributed by atoms with Crippen molar-refractivity contribution in [1.82, 2.24) is 4.98 Å². The van der Waals surface area contributed by atoms with Crippen molar-refractivity contribution in [3.8, 4) is 5.75 Å². The molecule has 0 aliphatic rings. The van der Waals surface area contributed by atoms with Gasteiger partial charge in [-0.2, -0.15) is 0 Å². The Kier molecular flexibility index (Phi) is 4.52. The Hall–Kier alpha value is -2.60. The number of pyridine rings is 1. The summed E-state index contributed by atoms with van der Waals surface area (Å²) < 4.78 is 5.44. The highest BCUT2D eigenvalue weighted by molar-refractivity contribution is 6.04. The number of anilines is 1. The van der Waals surface area contributed by atoms with E-state index in [0.29, 0.717) is 24.6 Å². The lowest BCUT2D eigenvalue weighted by atomic mass is 10.2. The van der Waals surface area contributed by atoms with E-state index in [1.165, 1.54) is 18.3 Å². The van der Waals surface area contributed by atoms with Crippen LogP contribution in [0.4, 0.5) is 5.69 Å². The summed E-state index contributed by atoms with van der Waals surface area (Å²) in [5, 5.41) is 2.71. The fraction of sp³-hybridized carbons (Fsp3) is 0.143. The molecule has 2 aromatic rings. The molecule has 0 atom stereocenters. The van der Waals surface area contributed by atoms with Crippen molar-refractivity contribution in [3.63, 3.8) is 0 Å². The summed E-state index contributed by atoms with van der Waals surface area (Å²) in [5.41, 5.74) is 5.87. The molecule has 0 radical (unpaired) electrons. The van der Waals surface area contributed by atoms with Gasteiger partial charge in [0.2, 0.25) is 5.56 Å². The largest absolute Gasteiger partial charge is 0.490 e. The van der Waals surface area contributed by atoms with Crippen molar-refractivity contribution in [2.24, 2.45) is 5.73 Å². The molecule has 0 unspecified atom stereocenters. The number of benzene rings is 1. The zero-order valence-corrected chi connectivity index (χ0v) is 10.8. The summed E-state index contributed by atoms with van der Waals surface area (Å²) in [4.78, 5) is 25.7. The van der Waals surface area contributed by atoms with E-state index in [0.717, 1.165) is 0 Å². The quantitative estimate of drug-likeness (QED) is 0.756. The number of amides is 1. The summed E-state index contributed by atoms with van der Waals surface area (Å²) in [6, 6.07) is 9.80. The first-order valence-electron chi connectivity index (χ1n) is 6.12. The minimum absolute atomic E-state index is 0.280. The number of H-pyrrole nitrogens is 1. The molecule has 1 aromatic carbocycles. The second-order valence-corrected chi connectivity index (χ2v) is 4.03. The molecular weight excluding hydrogens is 258 g/mol. The summed E-state index contributed by atoms with van der Waals surface area (Å²) in [6.45, 7) is 0.744. The van der Waals surface area contributed by atoms with Crippen LogP contribution in [0.25, 0.3) is 0 Å². The van der Waals surface area contributed by atoms with Gasteiger partial charge in [-0.3, -0.25) is 9.59 Å². The van der Waals surface area contributed by atoms with Crippen LogP contribution in [0.15, 0.2) is 47.4 Å². The molecule has 1 heterocycles. The zero-order chi connectivity index (χ0) is 14.4. The molecule has 1 aromatic heterocycles. The van der Waals surface area contributed by atoms with Gasteiger partial charge in [0.25, 0.3) is 5.91 Å². The molecule has 0 bridgehead atoms. The minimum atomic E-state index is -0.375. The van der Waals surface area contributed by atoms with Gasteiger partial charge in [0.05, 0.1) is 5.69 Å². The number of rotatable bonds is 5. The molecule has 2 rings (SSSR count). The maximum absolute atomic E-state index is 12.0. The lowest BCUT2D eigenvalue weighted by Gasteiger charge is -2.11. The second-order valence-electron chi connectivity index (χ2n) is 4.03. The highest BCUT2D eigenvalue weighted by atomic mass is 16.5. The average molecular weight is 273 g/mol. The molecule has 20 heavy (non-hydrogen) atoms. The Morgan fingerprint density at radius 2 is 2.10 bits per heavy atom. The maximum atomic E-state index is 12.0. The van der Waals surface area contributed by atoms with Gasteiger partial charge in [-0.15, -0.1) is 0 Å². The number of ether oxygens (including phenoxy) is 1. The zero-order valence-electron chi connectivity index (χ0n) is 10.8. The number of nitrogens with two attached hydrogens (primary N) is 1. The standard InChI is InChI=1S/C14H15N3O3/c15-6-8-20-12-4-2-1-3-11(12)17-14(19)10-5-7-16-13(18)9-10/h1-5,7,9H,6,8,15H2,(H,16,18)(H,17,19). The van der Waals surface area contributed by atoms with Crippen molar-refractivity contribution in [1.29, 1.82) is 0 Å². The summed E-state index contributed by atoms with van der Waals surface area (Å²) in [7, 11) is 0. The Bertz CT molecular complexity index is 652. The number of hydrogen-bond donors (Lipinski definition) is 3. The van der Waals surface area contributed by atoms with Crippen molar-refractivity contribution < 1.29 is 9.53 Å². The number of hydrogen-bond acceptors (Lipinski definition) is 4. The smallest absolute Gasteiger partial charge is 0.256 e. The van der Waals surface area contributed by atoms with Crippen molar-refractivity contribution in [2.75, 3.05) is 18.5 Å². The molecule has 0 spiro atoms. The first-order valence-corrected chi connectivity index (χ1v) is 6.12. The Labute approximate surface area is 115 Å². The van der Waals surface area contributed by atoms with Crippen LogP contribution in [-0.4, -0.2) is 24.0 Å². The van der Waals surface area contributed by atoms with Crippen LogP contribution < -0.4 is 21.3 Å². The third-order valence-electron chi connectivity index (χ3n) is 2.55. The third kappa shape index (κ3) is 3.46. The predicted molar refractivity (Wildman–Crippen MR) is 76.0 cm³/mol. The number of para-hydroxylation sites is 2. The summed E-state index contributed by atoms with van der Waals surface area (Å²) in [6.07, 6.45) is 1.42. The highest BCUT2D eigenvalue weighted by Crippen LogP contribution is 2.24. The predicted octanol–water partition coefficient (Wildman–Crippen LogP) is 0.965. The third-order valence-corrected chi connectivity index (χ3v) is 2.55. The van der Waals surface area contributed by atoms with Gasteiger partial charge in [0.1, 0.15) is 12.4 Å². The van der Waals surface area contributed by atoms with Gasteiger partial charge in [-0.1, -0.05) is 12.1 Å². The first-order chi connectivity index (χ1) is 9.70. The molecule has 4 N–H and O–H groups in total. The minimum Gasteiger partial charge on any atom is -0.490 e. The van der Waals surface area contributed by atoms with Crippen LogP contribution in [0.3, 0.4) is 0 Å². The lowest BCUT2D eigenvalue weighted by molar-refractivity contribution is 0.102. The van der Waals surface area contributed by atoms with Crippen molar-refractivity contribution >= 4 is 11.6 Å². The van der Waals surface area contributed by atoms with Crippen molar-refractivity contribution in [3.05, 3.63) is 58.5 Å². The van der Waals surface area contributed by atoms with Gasteiger partial charge in [-0.05, 0) is 18.2 Å². The Balaban J connectivity index is 2.17. The van der Waals surface area contributed by atoms with E-state index in [-0.39, 0.29) is 17.0 Å². The summed E-state index contributed by atoms with van der Waals surface area (Å²) >= 11 is 0. The molecule has 0 aliphatic heterocycles. The topological polar surface area (TPSA) is 97.2 Å². The molecule has 104 valence electrons. The van der Waals surface area contributed by atoms with Crippen LogP contribution in [0.5, 0.6) is 5.75 Å². The van der Waals surface area contributed by atoms with Gasteiger partial charge < -0.3 is 20.8 Å². The fourth-order valence-electron chi connectivity index (χ4n) is 1.64. The Morgan fingerprint density at radius 1 is 1.30 bits per heavy atom. The van der Waals surface area contributed by atoms with Crippen LogP contribution >= 0.6 is 0 Å². The fourth-order valence-corrected chi connectivity index (χ4v) is 1.64. The number of nitrogens with one attached hydrogen (secondary N) is 2. The molecule has 0 saturated carbocycles. The SMILES string of the molecule is NCCOc1ccccc1NC(=O)c1cc[nH]c(=O)c1. The molecular formula is C14H15N3O3. The molecule has 0 aliphatic carbocycles. The molecule has 0 saturated heterocycles. The van der Waals surface area contributed by atoms with E-state index in [4.69, 9.17) is 10.5 Å². The van der Waals surface area contributed by atoms with Crippen LogP contribution in [-0.2, 0) is 0 Å². The van der Waals surface area contributed by atoms with Gasteiger partial charge in [0, 0.05) is 24.4 Å². The van der Waals surface area contributed by atoms with Crippen LogP contribution in [0.2, 0.25) is 0 Å². The summed E-state index contributed by atoms with van der Waals surface area (Å²) in [5.74, 6) is 0.163. The first kappa shape index (κ1) is 13.8. The molecule has 6 heteroatoms. The average Bonchev–Trinajstić information content (AvgIpc) is 2.46. The number of carbonyl (C=O) groups is 1. The van der Waals surface area contributed by atoms with E-state index in [2.05, 4.69) is 10.3 Å². The molecule has 0 fully saturated rings. The highest BCUT2D eigenvalue weighted by Gasteiger charge is 2.09. The maximum Gasteiger partial charge on any atom is 0.256 e. The Morgan fingerprint density at radius 3 is 2.85 bits per heavy atom. The number of carbonyl (C=O) groups excluding carboxylic acids is 1. The van der Waals surface area contributed by atoms with E-state index < -0.39 is 0 Å². The van der Waals surface area contributed by atoms with Gasteiger partial charge in [0.15, 0.2) is 0 Å². The van der Waals surface area contributed by atoms with Gasteiger partial charge in [-0.25, -0.2) is 0 Å². The number of aromatic nitrogens is 1. The van der Waals surface area contributed by atoms with Crippen LogP contribution in [0.1, 0.15) is 10.4 Å². The molecule has 1 amide bonds. The van der Waals surface area contributed by atoms with E-state index in [9.17, 15) is 9.59 Å². The normalized spacial score (nSPS) is 10.1.